The van der Waals surface area contributed by atoms with Crippen LogP contribution in [0.15, 0.2) is 60.0 Å². The van der Waals surface area contributed by atoms with Gasteiger partial charge in [0.05, 0.1) is 36.9 Å². The summed E-state index contributed by atoms with van der Waals surface area (Å²) in [6.45, 7) is 5.48. The maximum Gasteiger partial charge on any atom is 0.337 e. The molecule has 0 saturated carbocycles. The molecule has 0 amide bonds. The van der Waals surface area contributed by atoms with E-state index in [9.17, 15) is 13.2 Å². The van der Waals surface area contributed by atoms with Crippen molar-refractivity contribution in [2.24, 2.45) is 0 Å². The quantitative estimate of drug-likeness (QED) is 0.549. The van der Waals surface area contributed by atoms with Gasteiger partial charge in [-0.1, -0.05) is 12.1 Å². The van der Waals surface area contributed by atoms with Gasteiger partial charge in [-0.05, 0) is 48.9 Å². The summed E-state index contributed by atoms with van der Waals surface area (Å²) >= 11 is 0. The first kappa shape index (κ1) is 19.5. The van der Waals surface area contributed by atoms with E-state index in [1.807, 2.05) is 0 Å². The summed E-state index contributed by atoms with van der Waals surface area (Å²) in [6.07, 6.45) is 1.49. The second-order valence-electron chi connectivity index (χ2n) is 5.49. The van der Waals surface area contributed by atoms with Crippen LogP contribution in [-0.4, -0.2) is 35.2 Å². The van der Waals surface area contributed by atoms with Crippen molar-refractivity contribution in [2.45, 2.75) is 11.8 Å². The number of hydrogen-bond acceptors (Lipinski definition) is 5. The number of methoxy groups -OCH3 is 2. The molecule has 0 unspecified atom stereocenters. The van der Waals surface area contributed by atoms with E-state index in [0.29, 0.717) is 17.0 Å². The second-order valence-corrected chi connectivity index (χ2v) is 7.36. The van der Waals surface area contributed by atoms with Crippen molar-refractivity contribution in [1.82, 2.24) is 0 Å². The van der Waals surface area contributed by atoms with E-state index < -0.39 is 16.0 Å². The fourth-order valence-electron chi connectivity index (χ4n) is 2.44. The monoisotopic (exact) mass is 375 g/mol. The number of hydrogen-bond donors (Lipinski definition) is 0. The Kier molecular flexibility index (Phi) is 6.05. The fourth-order valence-corrected chi connectivity index (χ4v) is 3.93. The molecule has 0 bridgehead atoms. The highest BCUT2D eigenvalue weighted by atomic mass is 32.2. The Labute approximate surface area is 153 Å². The SMILES string of the molecule is C=CCN(c1cc(C(=O)OC)ccc1C)S(=O)(=O)c1ccc(OC)cc1. The fraction of sp³-hybridized carbons (Fsp3) is 0.211. The molecule has 0 heterocycles. The van der Waals surface area contributed by atoms with Gasteiger partial charge in [0.15, 0.2) is 0 Å². The molecule has 138 valence electrons. The van der Waals surface area contributed by atoms with Crippen molar-refractivity contribution in [1.29, 1.82) is 0 Å². The Morgan fingerprint density at radius 2 is 1.81 bits per heavy atom. The third-order valence-corrected chi connectivity index (χ3v) is 5.64. The normalized spacial score (nSPS) is 10.9. The van der Waals surface area contributed by atoms with Crippen LogP contribution < -0.4 is 9.04 Å². The average Bonchev–Trinajstić information content (AvgIpc) is 2.66. The zero-order valence-corrected chi connectivity index (χ0v) is 15.7. The molecule has 0 aliphatic carbocycles. The summed E-state index contributed by atoms with van der Waals surface area (Å²) in [5.74, 6) is 0.0229. The number of benzene rings is 2. The molecule has 0 atom stereocenters. The van der Waals surface area contributed by atoms with Crippen LogP contribution >= 0.6 is 0 Å². The maximum absolute atomic E-state index is 13.1. The van der Waals surface area contributed by atoms with Crippen molar-refractivity contribution in [3.05, 3.63) is 66.2 Å². The number of ether oxygens (including phenoxy) is 2. The van der Waals surface area contributed by atoms with Crippen LogP contribution in [0.5, 0.6) is 5.75 Å². The van der Waals surface area contributed by atoms with E-state index in [0.717, 1.165) is 0 Å². The lowest BCUT2D eigenvalue weighted by Crippen LogP contribution is -2.32. The molecule has 0 aliphatic heterocycles. The Morgan fingerprint density at radius 1 is 1.15 bits per heavy atom. The Balaban J connectivity index is 2.57. The highest BCUT2D eigenvalue weighted by Crippen LogP contribution is 2.29. The molecule has 0 saturated heterocycles. The Bertz CT molecular complexity index is 904. The minimum Gasteiger partial charge on any atom is -0.497 e. The molecule has 0 spiro atoms. The zero-order chi connectivity index (χ0) is 19.3. The van der Waals surface area contributed by atoms with Crippen LogP contribution in [0, 0.1) is 6.92 Å². The summed E-state index contributed by atoms with van der Waals surface area (Å²) < 4.78 is 37.3. The van der Waals surface area contributed by atoms with Crippen molar-refractivity contribution >= 4 is 21.7 Å². The molecule has 2 aromatic rings. The molecular formula is C19H21NO5S. The molecule has 7 heteroatoms. The van der Waals surface area contributed by atoms with E-state index in [1.54, 1.807) is 31.2 Å². The molecule has 0 aliphatic rings. The summed E-state index contributed by atoms with van der Waals surface area (Å²) in [5.41, 5.74) is 1.37. The molecule has 0 aromatic heterocycles. The van der Waals surface area contributed by atoms with Gasteiger partial charge in [0.25, 0.3) is 10.0 Å². The maximum atomic E-state index is 13.1. The summed E-state index contributed by atoms with van der Waals surface area (Å²) in [7, 11) is -1.07. The number of carbonyl (C=O) groups excluding carboxylic acids is 1. The van der Waals surface area contributed by atoms with E-state index in [4.69, 9.17) is 9.47 Å². The molecule has 2 rings (SSSR count). The number of anilines is 1. The van der Waals surface area contributed by atoms with E-state index >= 15 is 0 Å². The third-order valence-electron chi connectivity index (χ3n) is 3.84. The molecular weight excluding hydrogens is 354 g/mol. The molecule has 0 fully saturated rings. The number of aryl methyl sites for hydroxylation is 1. The zero-order valence-electron chi connectivity index (χ0n) is 14.9. The van der Waals surface area contributed by atoms with Gasteiger partial charge in [0.2, 0.25) is 0 Å². The largest absolute Gasteiger partial charge is 0.497 e. The van der Waals surface area contributed by atoms with Crippen LogP contribution in [0.25, 0.3) is 0 Å². The van der Waals surface area contributed by atoms with Crippen LogP contribution in [0.2, 0.25) is 0 Å². The average molecular weight is 375 g/mol. The van der Waals surface area contributed by atoms with Gasteiger partial charge in [-0.15, -0.1) is 6.58 Å². The summed E-state index contributed by atoms with van der Waals surface area (Å²) in [5, 5.41) is 0. The predicted molar refractivity (Wildman–Crippen MR) is 100 cm³/mol. The van der Waals surface area contributed by atoms with E-state index in [2.05, 4.69) is 6.58 Å². The number of carbonyl (C=O) groups is 1. The van der Waals surface area contributed by atoms with Gasteiger partial charge in [-0.25, -0.2) is 13.2 Å². The number of sulfonamides is 1. The van der Waals surface area contributed by atoms with Gasteiger partial charge in [0.1, 0.15) is 5.75 Å². The van der Waals surface area contributed by atoms with E-state index in [-0.39, 0.29) is 17.0 Å². The lowest BCUT2D eigenvalue weighted by atomic mass is 10.1. The Hall–Kier alpha value is -2.80. The van der Waals surface area contributed by atoms with Crippen molar-refractivity contribution in [2.75, 3.05) is 25.1 Å². The van der Waals surface area contributed by atoms with Gasteiger partial charge in [-0.3, -0.25) is 4.31 Å². The Morgan fingerprint density at radius 3 is 2.35 bits per heavy atom. The second kappa shape index (κ2) is 8.05. The van der Waals surface area contributed by atoms with Gasteiger partial charge in [0, 0.05) is 0 Å². The smallest absolute Gasteiger partial charge is 0.337 e. The molecule has 26 heavy (non-hydrogen) atoms. The highest BCUT2D eigenvalue weighted by Gasteiger charge is 2.26. The van der Waals surface area contributed by atoms with Gasteiger partial charge < -0.3 is 9.47 Å². The lowest BCUT2D eigenvalue weighted by Gasteiger charge is -2.25. The van der Waals surface area contributed by atoms with Crippen molar-refractivity contribution in [3.63, 3.8) is 0 Å². The molecule has 2 aromatic carbocycles. The van der Waals surface area contributed by atoms with Crippen molar-refractivity contribution in [3.8, 4) is 5.75 Å². The molecule has 0 N–H and O–H groups in total. The summed E-state index contributed by atoms with van der Waals surface area (Å²) in [6, 6.07) is 10.9. The first-order valence-electron chi connectivity index (χ1n) is 7.81. The predicted octanol–water partition coefficient (Wildman–Crippen LogP) is 3.17. The lowest BCUT2D eigenvalue weighted by molar-refractivity contribution is 0.0600. The third kappa shape index (κ3) is 3.88. The van der Waals surface area contributed by atoms with Gasteiger partial charge in [-0.2, -0.15) is 0 Å². The number of nitrogens with zero attached hydrogens (tertiary/aromatic N) is 1. The topological polar surface area (TPSA) is 72.9 Å². The van der Waals surface area contributed by atoms with E-state index in [1.165, 1.54) is 42.8 Å². The first-order valence-corrected chi connectivity index (χ1v) is 9.25. The number of rotatable bonds is 7. The summed E-state index contributed by atoms with van der Waals surface area (Å²) in [4.78, 5) is 11.9. The first-order chi connectivity index (χ1) is 12.3. The minimum absolute atomic E-state index is 0.0554. The van der Waals surface area contributed by atoms with Crippen LogP contribution in [-0.2, 0) is 14.8 Å². The molecule has 6 nitrogen and oxygen atoms in total. The van der Waals surface area contributed by atoms with Crippen LogP contribution in [0.3, 0.4) is 0 Å². The van der Waals surface area contributed by atoms with Crippen molar-refractivity contribution < 1.29 is 22.7 Å². The van der Waals surface area contributed by atoms with Crippen LogP contribution in [0.1, 0.15) is 15.9 Å². The van der Waals surface area contributed by atoms with Crippen LogP contribution in [0.4, 0.5) is 5.69 Å². The highest BCUT2D eigenvalue weighted by molar-refractivity contribution is 7.92. The van der Waals surface area contributed by atoms with Gasteiger partial charge >= 0.3 is 5.97 Å². The molecule has 0 radical (unpaired) electrons. The minimum atomic E-state index is -3.86. The standard InChI is InChI=1S/C19H21NO5S/c1-5-12-20(18-13-15(19(21)25-4)7-6-14(18)2)26(22,23)17-10-8-16(24-3)9-11-17/h5-11,13H,1,12H2,2-4H3. The number of esters is 1.